The van der Waals surface area contributed by atoms with Crippen LogP contribution in [0.3, 0.4) is 0 Å². The molecule has 1 heteroatoms. The van der Waals surface area contributed by atoms with Crippen molar-refractivity contribution in [2.24, 2.45) is 17.3 Å². The molecular weight excluding hydrogens is 148 g/mol. The second kappa shape index (κ2) is 3.78. The minimum absolute atomic E-state index is 0.564. The molecule has 0 aromatic carbocycles. The van der Waals surface area contributed by atoms with E-state index in [-0.39, 0.29) is 0 Å². The largest absolute Gasteiger partial charge is 0.381 e. The Labute approximate surface area is 76.5 Å². The van der Waals surface area contributed by atoms with Crippen molar-refractivity contribution in [1.82, 2.24) is 0 Å². The summed E-state index contributed by atoms with van der Waals surface area (Å²) in [5.41, 5.74) is 0.564. The SMILES string of the molecule is CC(C)COCC1(C(C)C)CC1. The van der Waals surface area contributed by atoms with Crippen LogP contribution in [0.1, 0.15) is 40.5 Å². The summed E-state index contributed by atoms with van der Waals surface area (Å²) in [5, 5.41) is 0. The van der Waals surface area contributed by atoms with Crippen LogP contribution in [0.25, 0.3) is 0 Å². The standard InChI is InChI=1S/C11H22O/c1-9(2)7-12-8-11(5-6-11)10(3)4/h9-10H,5-8H2,1-4H3. The van der Waals surface area contributed by atoms with Crippen molar-refractivity contribution in [2.45, 2.75) is 40.5 Å². The summed E-state index contributed by atoms with van der Waals surface area (Å²) >= 11 is 0. The van der Waals surface area contributed by atoms with Crippen molar-refractivity contribution in [2.75, 3.05) is 13.2 Å². The fourth-order valence-electron chi connectivity index (χ4n) is 1.55. The highest BCUT2D eigenvalue weighted by atomic mass is 16.5. The van der Waals surface area contributed by atoms with Crippen LogP contribution in [0.5, 0.6) is 0 Å². The van der Waals surface area contributed by atoms with Gasteiger partial charge >= 0.3 is 0 Å². The molecule has 0 unspecified atom stereocenters. The summed E-state index contributed by atoms with van der Waals surface area (Å²) in [6.07, 6.45) is 2.76. The fraction of sp³-hybridized carbons (Fsp3) is 1.00. The molecule has 1 saturated carbocycles. The monoisotopic (exact) mass is 170 g/mol. The molecule has 0 amide bonds. The van der Waals surface area contributed by atoms with Crippen molar-refractivity contribution in [3.05, 3.63) is 0 Å². The van der Waals surface area contributed by atoms with Gasteiger partial charge in [-0.2, -0.15) is 0 Å². The topological polar surface area (TPSA) is 9.23 Å². The molecule has 1 nitrogen and oxygen atoms in total. The number of ether oxygens (including phenoxy) is 1. The predicted molar refractivity (Wildman–Crippen MR) is 52.2 cm³/mol. The van der Waals surface area contributed by atoms with Gasteiger partial charge in [-0.3, -0.25) is 0 Å². The van der Waals surface area contributed by atoms with Crippen LogP contribution in [-0.2, 0) is 4.74 Å². The summed E-state index contributed by atoms with van der Waals surface area (Å²) < 4.78 is 5.68. The number of hydrogen-bond acceptors (Lipinski definition) is 1. The van der Waals surface area contributed by atoms with Gasteiger partial charge in [-0.15, -0.1) is 0 Å². The molecule has 0 aromatic heterocycles. The van der Waals surface area contributed by atoms with Crippen molar-refractivity contribution >= 4 is 0 Å². The molecule has 12 heavy (non-hydrogen) atoms. The molecule has 0 aliphatic heterocycles. The maximum absolute atomic E-state index is 5.68. The van der Waals surface area contributed by atoms with Gasteiger partial charge in [-0.05, 0) is 30.1 Å². The van der Waals surface area contributed by atoms with Crippen molar-refractivity contribution in [3.8, 4) is 0 Å². The Hall–Kier alpha value is -0.0400. The molecule has 1 fully saturated rings. The van der Waals surface area contributed by atoms with E-state index in [4.69, 9.17) is 4.74 Å². The molecule has 72 valence electrons. The second-order valence-electron chi connectivity index (χ2n) is 4.93. The van der Waals surface area contributed by atoms with E-state index in [2.05, 4.69) is 27.7 Å². The predicted octanol–water partition coefficient (Wildman–Crippen LogP) is 3.10. The summed E-state index contributed by atoms with van der Waals surface area (Å²) in [6.45, 7) is 10.9. The third-order valence-corrected chi connectivity index (χ3v) is 2.96. The summed E-state index contributed by atoms with van der Waals surface area (Å²) in [6, 6.07) is 0. The molecule has 1 aliphatic carbocycles. The average Bonchev–Trinajstić information content (AvgIpc) is 2.68. The second-order valence-corrected chi connectivity index (χ2v) is 4.93. The van der Waals surface area contributed by atoms with Gasteiger partial charge in [0, 0.05) is 6.61 Å². The first-order valence-electron chi connectivity index (χ1n) is 5.14. The molecule has 0 heterocycles. The number of rotatable bonds is 5. The first kappa shape index (κ1) is 10.0. The maximum Gasteiger partial charge on any atom is 0.0525 e. The highest BCUT2D eigenvalue weighted by Crippen LogP contribution is 2.51. The van der Waals surface area contributed by atoms with Crippen LogP contribution in [0, 0.1) is 17.3 Å². The molecule has 0 N–H and O–H groups in total. The Balaban J connectivity index is 2.14. The molecule has 1 rings (SSSR count). The minimum Gasteiger partial charge on any atom is -0.381 e. The van der Waals surface area contributed by atoms with Gasteiger partial charge in [-0.1, -0.05) is 27.7 Å². The minimum atomic E-state index is 0.564. The van der Waals surface area contributed by atoms with Crippen molar-refractivity contribution < 1.29 is 4.74 Å². The van der Waals surface area contributed by atoms with Crippen LogP contribution in [0.15, 0.2) is 0 Å². The van der Waals surface area contributed by atoms with Gasteiger partial charge in [0.2, 0.25) is 0 Å². The Kier molecular flexibility index (Phi) is 3.16. The third kappa shape index (κ3) is 2.48. The van der Waals surface area contributed by atoms with E-state index in [1.54, 1.807) is 0 Å². The van der Waals surface area contributed by atoms with Crippen LogP contribution in [0.4, 0.5) is 0 Å². The van der Waals surface area contributed by atoms with Crippen LogP contribution in [-0.4, -0.2) is 13.2 Å². The molecule has 0 saturated heterocycles. The smallest absolute Gasteiger partial charge is 0.0525 e. The number of hydrogen-bond donors (Lipinski definition) is 0. The highest BCUT2D eigenvalue weighted by Gasteiger charge is 2.45. The van der Waals surface area contributed by atoms with Gasteiger partial charge in [0.05, 0.1) is 6.61 Å². The van der Waals surface area contributed by atoms with Crippen molar-refractivity contribution in [1.29, 1.82) is 0 Å². The Morgan fingerprint density at radius 2 is 1.75 bits per heavy atom. The van der Waals surface area contributed by atoms with Gasteiger partial charge < -0.3 is 4.74 Å². The van der Waals surface area contributed by atoms with E-state index in [0.717, 1.165) is 19.1 Å². The zero-order valence-electron chi connectivity index (χ0n) is 8.89. The summed E-state index contributed by atoms with van der Waals surface area (Å²) in [5.74, 6) is 1.47. The molecule has 0 aromatic rings. The first-order valence-corrected chi connectivity index (χ1v) is 5.14. The molecule has 1 aliphatic rings. The maximum atomic E-state index is 5.68. The molecule has 0 spiro atoms. The quantitative estimate of drug-likeness (QED) is 0.616. The zero-order valence-corrected chi connectivity index (χ0v) is 8.89. The Morgan fingerprint density at radius 1 is 1.17 bits per heavy atom. The van der Waals surface area contributed by atoms with Crippen LogP contribution >= 0.6 is 0 Å². The molecule has 0 atom stereocenters. The zero-order chi connectivity index (χ0) is 9.19. The van der Waals surface area contributed by atoms with E-state index in [1.807, 2.05) is 0 Å². The molecule has 0 bridgehead atoms. The Morgan fingerprint density at radius 3 is 2.08 bits per heavy atom. The van der Waals surface area contributed by atoms with Crippen LogP contribution in [0.2, 0.25) is 0 Å². The van der Waals surface area contributed by atoms with E-state index in [9.17, 15) is 0 Å². The third-order valence-electron chi connectivity index (χ3n) is 2.96. The van der Waals surface area contributed by atoms with E-state index < -0.39 is 0 Å². The van der Waals surface area contributed by atoms with Gasteiger partial charge in [-0.25, -0.2) is 0 Å². The lowest BCUT2D eigenvalue weighted by molar-refractivity contribution is 0.0552. The summed E-state index contributed by atoms with van der Waals surface area (Å²) in [4.78, 5) is 0. The van der Waals surface area contributed by atoms with Gasteiger partial charge in [0.15, 0.2) is 0 Å². The average molecular weight is 170 g/mol. The molecular formula is C11H22O. The molecule has 0 radical (unpaired) electrons. The fourth-order valence-corrected chi connectivity index (χ4v) is 1.55. The Bertz CT molecular complexity index is 134. The lowest BCUT2D eigenvalue weighted by Crippen LogP contribution is -2.18. The van der Waals surface area contributed by atoms with Crippen molar-refractivity contribution in [3.63, 3.8) is 0 Å². The van der Waals surface area contributed by atoms with E-state index in [0.29, 0.717) is 11.3 Å². The van der Waals surface area contributed by atoms with E-state index >= 15 is 0 Å². The first-order chi connectivity index (χ1) is 5.57. The van der Waals surface area contributed by atoms with Crippen LogP contribution < -0.4 is 0 Å². The normalized spacial score (nSPS) is 20.5. The lowest BCUT2D eigenvalue weighted by Gasteiger charge is -2.20. The highest BCUT2D eigenvalue weighted by molar-refractivity contribution is 4.95. The van der Waals surface area contributed by atoms with Gasteiger partial charge in [0.1, 0.15) is 0 Å². The lowest BCUT2D eigenvalue weighted by atomic mass is 9.93. The van der Waals surface area contributed by atoms with E-state index in [1.165, 1.54) is 12.8 Å². The summed E-state index contributed by atoms with van der Waals surface area (Å²) in [7, 11) is 0. The van der Waals surface area contributed by atoms with Gasteiger partial charge in [0.25, 0.3) is 0 Å².